The highest BCUT2D eigenvalue weighted by Gasteiger charge is 2.42. The second-order valence-electron chi connectivity index (χ2n) is 7.89. The Hall–Kier alpha value is -2.36. The molecule has 1 N–H and O–H groups in total. The molecular weight excluding hydrogens is 353 g/mol. The maximum atomic E-state index is 14.6. The second-order valence-corrected chi connectivity index (χ2v) is 7.89. The molecule has 0 bridgehead atoms. The molecule has 0 unspecified atom stereocenters. The summed E-state index contributed by atoms with van der Waals surface area (Å²) in [5.74, 6) is 0.411. The van der Waals surface area contributed by atoms with Gasteiger partial charge in [0.25, 0.3) is 0 Å². The summed E-state index contributed by atoms with van der Waals surface area (Å²) in [6, 6.07) is 12.4. The number of rotatable bonds is 6. The summed E-state index contributed by atoms with van der Waals surface area (Å²) in [7, 11) is 0. The lowest BCUT2D eigenvalue weighted by Crippen LogP contribution is -2.42. The number of anilines is 1. The topological polar surface area (TPSA) is 38.3 Å². The fraction of sp³-hybridized carbons (Fsp3) is 0.458. The molecule has 0 spiro atoms. The number of carbonyl (C=O) groups is 1. The largest absolute Gasteiger partial charge is 0.490 e. The number of amides is 1. The van der Waals surface area contributed by atoms with Gasteiger partial charge in [-0.25, -0.2) is 4.39 Å². The molecule has 1 aliphatic carbocycles. The van der Waals surface area contributed by atoms with E-state index >= 15 is 0 Å². The second kappa shape index (κ2) is 8.76. The standard InChI is InChI=1S/C24H30FNO2/c1-4-18(3)28-22-13-12-19(16-17(22)2)26-23(27)24(14-8-5-9-15-24)20-10-6-7-11-21(20)25/h6-7,10-13,16,18H,4-5,8-9,14-15H2,1-3H3,(H,26,27)/t18-/m1/s1. The van der Waals surface area contributed by atoms with Gasteiger partial charge in [0.1, 0.15) is 11.6 Å². The van der Waals surface area contributed by atoms with Crippen molar-refractivity contribution in [3.05, 3.63) is 59.4 Å². The first kappa shape index (κ1) is 20.4. The zero-order valence-corrected chi connectivity index (χ0v) is 17.1. The first-order valence-corrected chi connectivity index (χ1v) is 10.3. The van der Waals surface area contributed by atoms with E-state index in [-0.39, 0.29) is 17.8 Å². The van der Waals surface area contributed by atoms with E-state index in [1.807, 2.05) is 38.1 Å². The molecule has 0 heterocycles. The summed E-state index contributed by atoms with van der Waals surface area (Å²) in [6.45, 7) is 6.10. The van der Waals surface area contributed by atoms with Crippen LogP contribution >= 0.6 is 0 Å². The van der Waals surface area contributed by atoms with Gasteiger partial charge in [-0.2, -0.15) is 0 Å². The van der Waals surface area contributed by atoms with E-state index in [1.165, 1.54) is 6.07 Å². The third kappa shape index (κ3) is 4.21. The average Bonchev–Trinajstić information content (AvgIpc) is 2.70. The van der Waals surface area contributed by atoms with E-state index in [2.05, 4.69) is 12.2 Å². The minimum Gasteiger partial charge on any atom is -0.490 e. The van der Waals surface area contributed by atoms with Crippen LogP contribution in [0.1, 0.15) is 63.5 Å². The zero-order valence-electron chi connectivity index (χ0n) is 17.1. The van der Waals surface area contributed by atoms with Crippen molar-refractivity contribution in [2.75, 3.05) is 5.32 Å². The van der Waals surface area contributed by atoms with Gasteiger partial charge >= 0.3 is 0 Å². The van der Waals surface area contributed by atoms with Crippen LogP contribution < -0.4 is 10.1 Å². The highest BCUT2D eigenvalue weighted by molar-refractivity contribution is 5.99. The van der Waals surface area contributed by atoms with Crippen molar-refractivity contribution in [2.24, 2.45) is 0 Å². The summed E-state index contributed by atoms with van der Waals surface area (Å²) in [4.78, 5) is 13.4. The van der Waals surface area contributed by atoms with E-state index in [0.717, 1.165) is 42.7 Å². The third-order valence-corrected chi connectivity index (χ3v) is 5.87. The normalized spacial score (nSPS) is 17.0. The molecule has 2 aromatic rings. The SMILES string of the molecule is CC[C@@H](C)Oc1ccc(NC(=O)C2(c3ccccc3F)CCCCC2)cc1C. The number of benzene rings is 2. The molecule has 0 saturated heterocycles. The van der Waals surface area contributed by atoms with Gasteiger partial charge in [-0.05, 0) is 62.9 Å². The Morgan fingerprint density at radius 1 is 1.18 bits per heavy atom. The smallest absolute Gasteiger partial charge is 0.235 e. The van der Waals surface area contributed by atoms with Crippen LogP contribution in [0.5, 0.6) is 5.75 Å². The van der Waals surface area contributed by atoms with E-state index < -0.39 is 5.41 Å². The molecule has 3 rings (SSSR count). The van der Waals surface area contributed by atoms with Gasteiger partial charge in [-0.3, -0.25) is 4.79 Å². The lowest BCUT2D eigenvalue weighted by Gasteiger charge is -2.36. The highest BCUT2D eigenvalue weighted by Crippen LogP contribution is 2.41. The van der Waals surface area contributed by atoms with E-state index in [1.54, 1.807) is 12.1 Å². The van der Waals surface area contributed by atoms with Crippen LogP contribution in [0.25, 0.3) is 0 Å². The van der Waals surface area contributed by atoms with Crippen LogP contribution in [0.3, 0.4) is 0 Å². The van der Waals surface area contributed by atoms with Crippen molar-refractivity contribution in [2.45, 2.75) is 70.8 Å². The molecule has 1 amide bonds. The van der Waals surface area contributed by atoms with E-state index in [0.29, 0.717) is 18.4 Å². The van der Waals surface area contributed by atoms with Crippen LogP contribution in [0, 0.1) is 12.7 Å². The summed E-state index contributed by atoms with van der Waals surface area (Å²) >= 11 is 0. The molecule has 28 heavy (non-hydrogen) atoms. The van der Waals surface area contributed by atoms with Gasteiger partial charge in [0.2, 0.25) is 5.91 Å². The molecule has 1 aliphatic rings. The summed E-state index contributed by atoms with van der Waals surface area (Å²) < 4.78 is 20.5. The molecule has 1 saturated carbocycles. The molecular formula is C24H30FNO2. The quantitative estimate of drug-likeness (QED) is 0.649. The van der Waals surface area contributed by atoms with Crippen molar-refractivity contribution in [3.63, 3.8) is 0 Å². The maximum absolute atomic E-state index is 14.6. The molecule has 3 nitrogen and oxygen atoms in total. The van der Waals surface area contributed by atoms with Gasteiger partial charge in [0.15, 0.2) is 0 Å². The number of aryl methyl sites for hydroxylation is 1. The average molecular weight is 384 g/mol. The van der Waals surface area contributed by atoms with Crippen molar-refractivity contribution in [3.8, 4) is 5.75 Å². The Balaban J connectivity index is 1.85. The molecule has 1 fully saturated rings. The lowest BCUT2D eigenvalue weighted by atomic mass is 9.68. The Morgan fingerprint density at radius 2 is 1.89 bits per heavy atom. The predicted molar refractivity (Wildman–Crippen MR) is 111 cm³/mol. The first-order valence-electron chi connectivity index (χ1n) is 10.3. The van der Waals surface area contributed by atoms with E-state index in [9.17, 15) is 9.18 Å². The van der Waals surface area contributed by atoms with Crippen molar-refractivity contribution in [1.82, 2.24) is 0 Å². The molecule has 2 aromatic carbocycles. The molecule has 0 aliphatic heterocycles. The highest BCUT2D eigenvalue weighted by atomic mass is 19.1. The number of halogens is 1. The Bertz CT molecular complexity index is 827. The van der Waals surface area contributed by atoms with Gasteiger partial charge < -0.3 is 10.1 Å². The summed E-state index contributed by atoms with van der Waals surface area (Å²) in [5, 5.41) is 3.05. The van der Waals surface area contributed by atoms with Gasteiger partial charge in [0, 0.05) is 11.3 Å². The lowest BCUT2D eigenvalue weighted by molar-refractivity contribution is -0.122. The van der Waals surface area contributed by atoms with Crippen LogP contribution in [-0.4, -0.2) is 12.0 Å². The van der Waals surface area contributed by atoms with Crippen molar-refractivity contribution >= 4 is 11.6 Å². The molecule has 4 heteroatoms. The van der Waals surface area contributed by atoms with Crippen molar-refractivity contribution in [1.29, 1.82) is 0 Å². The molecule has 0 radical (unpaired) electrons. The van der Waals surface area contributed by atoms with E-state index in [4.69, 9.17) is 4.74 Å². The summed E-state index contributed by atoms with van der Waals surface area (Å²) in [5.41, 5.74) is 1.41. The predicted octanol–water partition coefficient (Wildman–Crippen LogP) is 6.15. The van der Waals surface area contributed by atoms with Crippen molar-refractivity contribution < 1.29 is 13.9 Å². The Morgan fingerprint density at radius 3 is 2.54 bits per heavy atom. The Labute approximate surface area is 167 Å². The Kier molecular flexibility index (Phi) is 6.38. The first-order chi connectivity index (χ1) is 13.5. The van der Waals surface area contributed by atoms with Gasteiger partial charge in [-0.1, -0.05) is 44.4 Å². The monoisotopic (exact) mass is 383 g/mol. The number of hydrogen-bond donors (Lipinski definition) is 1. The van der Waals surface area contributed by atoms with Gasteiger partial charge in [-0.15, -0.1) is 0 Å². The zero-order chi connectivity index (χ0) is 20.1. The number of nitrogens with one attached hydrogen (secondary N) is 1. The van der Waals surface area contributed by atoms with Crippen LogP contribution in [0.4, 0.5) is 10.1 Å². The van der Waals surface area contributed by atoms with Crippen LogP contribution in [-0.2, 0) is 10.2 Å². The molecule has 150 valence electrons. The third-order valence-electron chi connectivity index (χ3n) is 5.87. The fourth-order valence-corrected chi connectivity index (χ4v) is 4.03. The van der Waals surface area contributed by atoms with Gasteiger partial charge in [0.05, 0.1) is 11.5 Å². The minimum absolute atomic E-state index is 0.118. The minimum atomic E-state index is -0.802. The summed E-state index contributed by atoms with van der Waals surface area (Å²) in [6.07, 6.45) is 5.38. The molecule has 0 aromatic heterocycles. The fourth-order valence-electron chi connectivity index (χ4n) is 4.03. The molecule has 1 atom stereocenters. The maximum Gasteiger partial charge on any atom is 0.235 e. The number of carbonyl (C=O) groups excluding carboxylic acids is 1. The van der Waals surface area contributed by atoms with Crippen LogP contribution in [0.2, 0.25) is 0 Å². The number of ether oxygens (including phenoxy) is 1. The number of hydrogen-bond acceptors (Lipinski definition) is 2. The van der Waals surface area contributed by atoms with Crippen LogP contribution in [0.15, 0.2) is 42.5 Å².